The van der Waals surface area contributed by atoms with Crippen LogP contribution in [0, 0.1) is 5.92 Å². The molecule has 14 nitrogen and oxygen atoms in total. The van der Waals surface area contributed by atoms with Crippen molar-refractivity contribution in [1.82, 2.24) is 29.7 Å². The van der Waals surface area contributed by atoms with E-state index < -0.39 is 34.6 Å². The molecule has 0 bridgehead atoms. The Morgan fingerprint density at radius 1 is 1.02 bits per heavy atom. The van der Waals surface area contributed by atoms with E-state index in [1.54, 1.807) is 15.8 Å². The van der Waals surface area contributed by atoms with Crippen LogP contribution in [0.5, 0.6) is 0 Å². The fraction of sp³-hybridized carbons (Fsp3) is 0.438. The number of sulfonamides is 1. The molecule has 0 spiro atoms. The molecule has 47 heavy (non-hydrogen) atoms. The molecule has 2 aliphatic heterocycles. The molecule has 4 atom stereocenters. The van der Waals surface area contributed by atoms with Crippen LogP contribution in [0.25, 0.3) is 0 Å². The SMILES string of the molecule is CCn1cc([C@H]2O[C@@H](N3CNc4c(NCC(c5ccccc5)c5ccccc5)nc(CNS(=O)(=O)CC(C)C)nc43)[C@H](O)[C@@H]2O)nn1. The third-order valence-corrected chi connectivity index (χ3v) is 9.92. The zero-order chi connectivity index (χ0) is 33.1. The van der Waals surface area contributed by atoms with Crippen LogP contribution in [-0.4, -0.2) is 81.0 Å². The molecule has 4 aromatic rings. The van der Waals surface area contributed by atoms with Gasteiger partial charge in [0.05, 0.1) is 25.2 Å². The molecule has 4 heterocycles. The van der Waals surface area contributed by atoms with Crippen LogP contribution in [0.15, 0.2) is 66.9 Å². The summed E-state index contributed by atoms with van der Waals surface area (Å²) >= 11 is 0. The van der Waals surface area contributed by atoms with E-state index in [0.29, 0.717) is 36.1 Å². The van der Waals surface area contributed by atoms with Crippen LogP contribution in [0.2, 0.25) is 0 Å². The normalized spacial score (nSPS) is 21.0. The van der Waals surface area contributed by atoms with E-state index >= 15 is 0 Å². The van der Waals surface area contributed by atoms with Crippen molar-refractivity contribution >= 4 is 27.3 Å². The van der Waals surface area contributed by atoms with Crippen LogP contribution in [0.3, 0.4) is 0 Å². The number of nitrogens with one attached hydrogen (secondary N) is 3. The number of fused-ring (bicyclic) bond motifs is 1. The Balaban J connectivity index is 1.31. The van der Waals surface area contributed by atoms with Crippen LogP contribution in [0.4, 0.5) is 17.3 Å². The number of ether oxygens (including phenoxy) is 1. The van der Waals surface area contributed by atoms with Crippen molar-refractivity contribution < 1.29 is 23.4 Å². The second kappa shape index (κ2) is 13.9. The van der Waals surface area contributed by atoms with Gasteiger partial charge in [-0.25, -0.2) is 23.1 Å². The summed E-state index contributed by atoms with van der Waals surface area (Å²) in [4.78, 5) is 11.2. The van der Waals surface area contributed by atoms with Crippen molar-refractivity contribution in [2.45, 2.75) is 64.3 Å². The van der Waals surface area contributed by atoms with E-state index in [0.717, 1.165) is 11.1 Å². The van der Waals surface area contributed by atoms with Gasteiger partial charge in [-0.3, -0.25) is 4.68 Å². The first-order chi connectivity index (χ1) is 22.6. The number of aliphatic hydroxyl groups is 2. The van der Waals surface area contributed by atoms with Crippen molar-refractivity contribution in [3.05, 3.63) is 89.5 Å². The first-order valence-electron chi connectivity index (χ1n) is 15.8. The molecule has 2 aliphatic rings. The maximum Gasteiger partial charge on any atom is 0.212 e. The van der Waals surface area contributed by atoms with Gasteiger partial charge in [-0.1, -0.05) is 79.7 Å². The number of hydrogen-bond donors (Lipinski definition) is 5. The lowest BCUT2D eigenvalue weighted by molar-refractivity contribution is 0.00443. The molecule has 15 heteroatoms. The van der Waals surface area contributed by atoms with E-state index in [9.17, 15) is 18.6 Å². The highest BCUT2D eigenvalue weighted by Crippen LogP contribution is 2.42. The summed E-state index contributed by atoms with van der Waals surface area (Å²) in [5, 5.41) is 37.1. The maximum absolute atomic E-state index is 12.7. The molecule has 0 aliphatic carbocycles. The molecule has 6 rings (SSSR count). The number of nitrogens with zero attached hydrogens (tertiary/aromatic N) is 6. The highest BCUT2D eigenvalue weighted by atomic mass is 32.2. The summed E-state index contributed by atoms with van der Waals surface area (Å²) < 4.78 is 35.9. The largest absolute Gasteiger partial charge is 0.387 e. The second-order valence-corrected chi connectivity index (χ2v) is 14.0. The van der Waals surface area contributed by atoms with Gasteiger partial charge in [-0.05, 0) is 24.0 Å². The van der Waals surface area contributed by atoms with E-state index in [1.807, 2.05) is 57.2 Å². The minimum absolute atomic E-state index is 0.0130. The Morgan fingerprint density at radius 3 is 2.32 bits per heavy atom. The molecule has 2 aromatic carbocycles. The predicted molar refractivity (Wildman–Crippen MR) is 177 cm³/mol. The van der Waals surface area contributed by atoms with E-state index in [2.05, 4.69) is 49.9 Å². The Bertz CT molecular complexity index is 1720. The van der Waals surface area contributed by atoms with E-state index in [4.69, 9.17) is 14.7 Å². The highest BCUT2D eigenvalue weighted by molar-refractivity contribution is 7.89. The van der Waals surface area contributed by atoms with Gasteiger partial charge < -0.3 is 30.5 Å². The monoisotopic (exact) mass is 663 g/mol. The molecule has 5 N–H and O–H groups in total. The topological polar surface area (TPSA) is 180 Å². The number of benzene rings is 2. The lowest BCUT2D eigenvalue weighted by Crippen LogP contribution is -2.44. The van der Waals surface area contributed by atoms with Crippen LogP contribution in [-0.2, 0) is 27.8 Å². The van der Waals surface area contributed by atoms with Gasteiger partial charge in [-0.15, -0.1) is 5.10 Å². The van der Waals surface area contributed by atoms with Gasteiger partial charge in [0, 0.05) is 19.0 Å². The zero-order valence-corrected chi connectivity index (χ0v) is 27.4. The van der Waals surface area contributed by atoms with Crippen molar-refractivity contribution in [1.29, 1.82) is 0 Å². The van der Waals surface area contributed by atoms with Gasteiger partial charge in [-0.2, -0.15) is 0 Å². The van der Waals surface area contributed by atoms with Crippen molar-refractivity contribution in [2.75, 3.05) is 34.5 Å². The third kappa shape index (κ3) is 7.23. The van der Waals surface area contributed by atoms with E-state index in [-0.39, 0.29) is 36.6 Å². The summed E-state index contributed by atoms with van der Waals surface area (Å²) in [6.07, 6.45) is -2.76. The number of hydrogen-bond acceptors (Lipinski definition) is 12. The minimum atomic E-state index is -3.58. The molecular weight excluding hydrogens is 622 g/mol. The quantitative estimate of drug-likeness (QED) is 0.141. The molecule has 250 valence electrons. The molecular formula is C32H41N9O5S. The summed E-state index contributed by atoms with van der Waals surface area (Å²) in [5.41, 5.74) is 3.22. The average molecular weight is 664 g/mol. The number of aromatic nitrogens is 5. The molecule has 2 aromatic heterocycles. The fourth-order valence-corrected chi connectivity index (χ4v) is 7.30. The van der Waals surface area contributed by atoms with Gasteiger partial charge in [0.25, 0.3) is 0 Å². The summed E-state index contributed by atoms with van der Waals surface area (Å²) in [7, 11) is -3.58. The fourth-order valence-electron chi connectivity index (χ4n) is 5.95. The van der Waals surface area contributed by atoms with Crippen LogP contribution < -0.4 is 20.3 Å². The molecule has 1 saturated heterocycles. The number of aliphatic hydroxyl groups excluding tert-OH is 2. The van der Waals surface area contributed by atoms with Crippen LogP contribution in [0.1, 0.15) is 55.4 Å². The number of anilines is 3. The van der Waals surface area contributed by atoms with Crippen molar-refractivity contribution in [3.8, 4) is 0 Å². The summed E-state index contributed by atoms with van der Waals surface area (Å²) in [5.74, 6) is 1.02. The van der Waals surface area contributed by atoms with E-state index in [1.165, 1.54) is 0 Å². The van der Waals surface area contributed by atoms with Gasteiger partial charge in [0.1, 0.15) is 35.5 Å². The van der Waals surface area contributed by atoms with Crippen molar-refractivity contribution in [2.24, 2.45) is 5.92 Å². The molecule has 0 radical (unpaired) electrons. The third-order valence-electron chi connectivity index (χ3n) is 8.23. The Kier molecular flexibility index (Phi) is 9.70. The lowest BCUT2D eigenvalue weighted by atomic mass is 9.91. The van der Waals surface area contributed by atoms with Crippen molar-refractivity contribution in [3.63, 3.8) is 0 Å². The Morgan fingerprint density at radius 2 is 1.70 bits per heavy atom. The maximum atomic E-state index is 12.7. The number of rotatable bonds is 13. The standard InChI is InChI=1S/C32H41N9O5S/c1-4-40-17-24(38-39-40)29-27(42)28(43)32(46-29)41-19-34-26-30(36-25(37-31(26)41)16-35-47(44,45)18-20(2)3)33-15-23(21-11-7-5-8-12-21)22-13-9-6-10-14-22/h5-14,17,20,23,27-29,32,34-35,42-43H,4,15-16,18-19H2,1-3H3,(H,33,36,37)/t27-,28+,29+,32+/m0/s1. The summed E-state index contributed by atoms with van der Waals surface area (Å²) in [6.45, 7) is 6.73. The molecule has 0 saturated carbocycles. The Hall–Kier alpha value is -4.15. The van der Waals surface area contributed by atoms with Gasteiger partial charge in [0.15, 0.2) is 17.9 Å². The number of aryl methyl sites for hydroxylation is 1. The highest BCUT2D eigenvalue weighted by Gasteiger charge is 2.49. The zero-order valence-electron chi connectivity index (χ0n) is 26.6. The van der Waals surface area contributed by atoms with Gasteiger partial charge >= 0.3 is 0 Å². The first kappa shape index (κ1) is 32.8. The molecule has 1 fully saturated rings. The lowest BCUT2D eigenvalue weighted by Gasteiger charge is -2.27. The Labute approximate surface area is 274 Å². The smallest absolute Gasteiger partial charge is 0.212 e. The minimum Gasteiger partial charge on any atom is -0.387 e. The second-order valence-electron chi connectivity index (χ2n) is 12.2. The first-order valence-corrected chi connectivity index (χ1v) is 17.4. The van der Waals surface area contributed by atoms with Gasteiger partial charge in [0.2, 0.25) is 10.0 Å². The average Bonchev–Trinajstić information content (AvgIpc) is 3.78. The van der Waals surface area contributed by atoms with Crippen LogP contribution >= 0.6 is 0 Å². The molecule has 0 unspecified atom stereocenters. The summed E-state index contributed by atoms with van der Waals surface area (Å²) in [6, 6.07) is 20.3. The predicted octanol–water partition coefficient (Wildman–Crippen LogP) is 2.42. The molecule has 0 amide bonds.